The zero-order valence-electron chi connectivity index (χ0n) is 30.4. The van der Waals surface area contributed by atoms with Gasteiger partial charge in [-0.2, -0.15) is 0 Å². The van der Waals surface area contributed by atoms with Gasteiger partial charge in [0.15, 0.2) is 0 Å². The highest BCUT2D eigenvalue weighted by Crippen LogP contribution is 2.46. The third-order valence-corrected chi connectivity index (χ3v) is 12.8. The Morgan fingerprint density at radius 1 is 0.945 bits per heavy atom. The Kier molecular flexibility index (Phi) is 9.74. The average Bonchev–Trinajstić information content (AvgIpc) is 4.11. The molecule has 2 aliphatic carbocycles. The number of amides is 4. The number of pyridine rings is 1. The lowest BCUT2D eigenvalue weighted by molar-refractivity contribution is -0.141. The van der Waals surface area contributed by atoms with Crippen LogP contribution in [0.2, 0.25) is 0 Å². The van der Waals surface area contributed by atoms with Crippen LogP contribution in [-0.4, -0.2) is 87.4 Å². The number of aryl methyl sites for hydroxylation is 1. The van der Waals surface area contributed by atoms with E-state index in [9.17, 15) is 27.6 Å². The summed E-state index contributed by atoms with van der Waals surface area (Å²) in [4.78, 5) is 70.9. The van der Waals surface area contributed by atoms with Gasteiger partial charge in [0.25, 0.3) is 11.8 Å². The molecule has 0 radical (unpaired) electrons. The van der Waals surface area contributed by atoms with Gasteiger partial charge in [0.05, 0.1) is 29.2 Å². The van der Waals surface area contributed by atoms with Gasteiger partial charge in [0.2, 0.25) is 27.7 Å². The Balaban J connectivity index is 1.12. The molecule has 4 heterocycles. The van der Waals surface area contributed by atoms with Gasteiger partial charge < -0.3 is 20.3 Å². The summed E-state index contributed by atoms with van der Waals surface area (Å²) in [6.07, 6.45) is 10.4. The number of rotatable bonds is 7. The van der Waals surface area contributed by atoms with Crippen molar-refractivity contribution in [2.45, 2.75) is 93.7 Å². The van der Waals surface area contributed by atoms with E-state index in [-0.39, 0.29) is 25.1 Å². The number of hydrogen-bond donors (Lipinski definition) is 3. The minimum absolute atomic E-state index is 0.00491. The van der Waals surface area contributed by atoms with Crippen molar-refractivity contribution >= 4 is 55.3 Å². The van der Waals surface area contributed by atoms with E-state index in [4.69, 9.17) is 9.72 Å². The van der Waals surface area contributed by atoms with Crippen LogP contribution in [0.3, 0.4) is 0 Å². The number of carbonyl (C=O) groups is 4. The number of benzene rings is 2. The van der Waals surface area contributed by atoms with Crippen molar-refractivity contribution in [2.24, 2.45) is 5.92 Å². The number of para-hydroxylation sites is 1. The first-order chi connectivity index (χ1) is 26.5. The number of nitrogens with zero attached hydrogens (tertiary/aromatic N) is 4. The Hall–Kier alpha value is -5.44. The van der Waals surface area contributed by atoms with Crippen molar-refractivity contribution in [3.63, 3.8) is 0 Å². The van der Waals surface area contributed by atoms with E-state index in [1.807, 2.05) is 60.7 Å². The van der Waals surface area contributed by atoms with Crippen LogP contribution in [0.25, 0.3) is 21.7 Å². The third-order valence-electron chi connectivity index (χ3n) is 11.0. The summed E-state index contributed by atoms with van der Waals surface area (Å²) in [5.74, 6) is -2.52. The molecule has 14 nitrogen and oxygen atoms in total. The minimum atomic E-state index is -3.89. The summed E-state index contributed by atoms with van der Waals surface area (Å²) in [6, 6.07) is 13.3. The number of aromatic nitrogens is 3. The fourth-order valence-electron chi connectivity index (χ4n) is 7.71. The summed E-state index contributed by atoms with van der Waals surface area (Å²) in [6.45, 7) is 1.75. The molecule has 5 atom stereocenters. The average molecular weight is 766 g/mol. The van der Waals surface area contributed by atoms with Gasteiger partial charge in [-0.3, -0.25) is 28.9 Å². The number of sulfonamides is 1. The van der Waals surface area contributed by atoms with E-state index < -0.39 is 68.5 Å². The first-order valence-electron chi connectivity index (χ1n) is 18.9. The largest absolute Gasteiger partial charge is 0.472 e. The van der Waals surface area contributed by atoms with Gasteiger partial charge in [0.1, 0.15) is 29.4 Å². The summed E-state index contributed by atoms with van der Waals surface area (Å²) in [7, 11) is -3.89. The van der Waals surface area contributed by atoms with E-state index >= 15 is 0 Å². The van der Waals surface area contributed by atoms with E-state index in [1.165, 1.54) is 17.3 Å². The molecule has 4 amide bonds. The zero-order chi connectivity index (χ0) is 38.3. The molecule has 0 spiro atoms. The predicted octanol–water partition coefficient (Wildman–Crippen LogP) is 3.64. The van der Waals surface area contributed by atoms with Crippen LogP contribution >= 0.6 is 0 Å². The molecule has 3 fully saturated rings. The van der Waals surface area contributed by atoms with Gasteiger partial charge in [-0.25, -0.2) is 18.4 Å². The van der Waals surface area contributed by atoms with Crippen molar-refractivity contribution in [1.29, 1.82) is 0 Å². The maximum Gasteiger partial charge on any atom is 0.272 e. The van der Waals surface area contributed by atoms with E-state index in [0.29, 0.717) is 43.7 Å². The molecule has 8 rings (SSSR count). The summed E-state index contributed by atoms with van der Waals surface area (Å²) in [5, 5.41) is 7.79. The van der Waals surface area contributed by atoms with Crippen molar-refractivity contribution in [2.75, 3.05) is 6.54 Å². The molecule has 4 aromatic rings. The number of ether oxygens (including phenoxy) is 1. The Bertz CT molecular complexity index is 2310. The number of allylic oxidation sites excluding steroid dienone is 1. The fraction of sp³-hybridized carbons (Fsp3) is 0.425. The van der Waals surface area contributed by atoms with Crippen molar-refractivity contribution in [1.82, 2.24) is 35.2 Å². The second kappa shape index (κ2) is 14.7. The highest BCUT2D eigenvalue weighted by molar-refractivity contribution is 7.91. The molecular formula is C40H43N7O7S. The molecule has 2 aromatic heterocycles. The Morgan fingerprint density at radius 3 is 2.47 bits per heavy atom. The molecule has 2 aromatic carbocycles. The number of nitrogens with one attached hydrogen (secondary N) is 3. The third kappa shape index (κ3) is 7.49. The fourth-order valence-corrected chi connectivity index (χ4v) is 9.07. The Morgan fingerprint density at radius 2 is 1.71 bits per heavy atom. The maximum atomic E-state index is 14.6. The number of hydrogen-bond acceptors (Lipinski definition) is 10. The molecule has 2 saturated carbocycles. The lowest BCUT2D eigenvalue weighted by atomic mass is 10.0. The van der Waals surface area contributed by atoms with Crippen LogP contribution < -0.4 is 20.1 Å². The predicted molar refractivity (Wildman–Crippen MR) is 203 cm³/mol. The first kappa shape index (κ1) is 36.5. The molecule has 1 saturated heterocycles. The van der Waals surface area contributed by atoms with Crippen LogP contribution in [0.4, 0.5) is 0 Å². The van der Waals surface area contributed by atoms with Gasteiger partial charge >= 0.3 is 0 Å². The first-order valence-corrected chi connectivity index (χ1v) is 20.5. The second-order valence-electron chi connectivity index (χ2n) is 15.0. The van der Waals surface area contributed by atoms with Crippen LogP contribution in [0.5, 0.6) is 5.88 Å². The van der Waals surface area contributed by atoms with Gasteiger partial charge in [-0.05, 0) is 63.0 Å². The van der Waals surface area contributed by atoms with Crippen LogP contribution in [0.15, 0.2) is 73.1 Å². The SMILES string of the molecule is Cc1cnc(C(=O)N[C@@H]2CCCCC/C=C\[C@H]3C[C@]3(C(=O)NS(=O)(=O)C3CC3)NC(=O)[C@H]3C[C@H](Oc4nc5ccccc5c5ccccc45)CN3C2=O)cn1. The lowest BCUT2D eigenvalue weighted by Gasteiger charge is -2.29. The maximum absolute atomic E-state index is 14.6. The molecule has 286 valence electrons. The van der Waals surface area contributed by atoms with Crippen LogP contribution in [0, 0.1) is 12.8 Å². The molecule has 3 N–H and O–H groups in total. The van der Waals surface area contributed by atoms with Crippen LogP contribution in [-0.2, 0) is 24.4 Å². The summed E-state index contributed by atoms with van der Waals surface area (Å²) < 4.78 is 34.6. The highest BCUT2D eigenvalue weighted by atomic mass is 32.2. The Labute approximate surface area is 318 Å². The molecule has 55 heavy (non-hydrogen) atoms. The molecular weight excluding hydrogens is 723 g/mol. The van der Waals surface area contributed by atoms with E-state index in [1.54, 1.807) is 6.92 Å². The zero-order valence-corrected chi connectivity index (χ0v) is 31.3. The molecule has 2 aliphatic heterocycles. The smallest absolute Gasteiger partial charge is 0.272 e. The quantitative estimate of drug-likeness (QED) is 0.185. The standard InChI is InChI=1S/C40H43N7O7S/c1-24-21-42-33(22-41-24)35(48)43-32-16-6-4-2-3-5-11-25-20-40(25,39(51)46-55(52,53)27-17-18-27)45-36(49)34-19-26(23-47(34)38(32)50)54-37-30-14-8-7-12-28(30)29-13-9-10-15-31(29)44-37/h5,7-15,21-22,25-27,32,34H,2-4,6,16-20,23H2,1H3,(H,43,48)(H,45,49)(H,46,51)/b11-5-/t25-,26-,32+,34+,40-/m0/s1. The minimum Gasteiger partial charge on any atom is -0.472 e. The lowest BCUT2D eigenvalue weighted by Crippen LogP contribution is -2.58. The second-order valence-corrected chi connectivity index (χ2v) is 17.0. The molecule has 15 heteroatoms. The van der Waals surface area contributed by atoms with E-state index in [2.05, 4.69) is 25.3 Å². The van der Waals surface area contributed by atoms with E-state index in [0.717, 1.165) is 34.5 Å². The molecule has 0 bridgehead atoms. The summed E-state index contributed by atoms with van der Waals surface area (Å²) >= 11 is 0. The van der Waals surface area contributed by atoms with Gasteiger partial charge in [-0.1, -0.05) is 61.4 Å². The van der Waals surface area contributed by atoms with Gasteiger partial charge in [0, 0.05) is 29.3 Å². The van der Waals surface area contributed by atoms with Crippen molar-refractivity contribution in [3.05, 3.63) is 84.5 Å². The van der Waals surface area contributed by atoms with Gasteiger partial charge in [-0.15, -0.1) is 0 Å². The van der Waals surface area contributed by atoms with Crippen molar-refractivity contribution in [3.8, 4) is 5.88 Å². The molecule has 0 unspecified atom stereocenters. The number of fused-ring (bicyclic) bond motifs is 5. The normalized spacial score (nSPS) is 26.5. The highest BCUT2D eigenvalue weighted by Gasteiger charge is 2.62. The topological polar surface area (TPSA) is 190 Å². The number of carbonyl (C=O) groups excluding carboxylic acids is 4. The van der Waals surface area contributed by atoms with Crippen molar-refractivity contribution < 1.29 is 32.3 Å². The molecule has 4 aliphatic rings. The monoisotopic (exact) mass is 765 g/mol. The summed E-state index contributed by atoms with van der Waals surface area (Å²) in [5.41, 5.74) is -0.0889. The van der Waals surface area contributed by atoms with Crippen LogP contribution in [0.1, 0.15) is 74.0 Å².